The van der Waals surface area contributed by atoms with Gasteiger partial charge < -0.3 is 10.2 Å². The number of anilines is 2. The highest BCUT2D eigenvalue weighted by molar-refractivity contribution is 7.89. The molecule has 3 aromatic carbocycles. The standard InChI is InChI=1S/C27H32N4O3S/c1-22-8-14-26(15-9-22)35(33,34)29(2)21-27(32)28-24-10-12-25(13-11-24)31-18-16-30(17-19-31)20-23-6-4-3-5-7-23/h3-15H,16-21H2,1-2H3,(H,28,32). The van der Waals surface area contributed by atoms with Crippen molar-refractivity contribution in [3.8, 4) is 0 Å². The lowest BCUT2D eigenvalue weighted by Crippen LogP contribution is -2.45. The molecule has 0 aromatic heterocycles. The predicted octanol–water partition coefficient (Wildman–Crippen LogP) is 3.58. The summed E-state index contributed by atoms with van der Waals surface area (Å²) < 4.78 is 26.5. The molecule has 1 amide bonds. The van der Waals surface area contributed by atoms with Gasteiger partial charge in [-0.15, -0.1) is 0 Å². The first-order valence-corrected chi connectivity index (χ1v) is 13.2. The van der Waals surface area contributed by atoms with Crippen molar-refractivity contribution in [3.63, 3.8) is 0 Å². The van der Waals surface area contributed by atoms with Crippen LogP contribution in [0.4, 0.5) is 11.4 Å². The summed E-state index contributed by atoms with van der Waals surface area (Å²) in [5.74, 6) is -0.384. The summed E-state index contributed by atoms with van der Waals surface area (Å²) in [6.45, 7) is 6.48. The molecule has 35 heavy (non-hydrogen) atoms. The van der Waals surface area contributed by atoms with Crippen molar-refractivity contribution in [1.29, 1.82) is 0 Å². The molecular formula is C27H32N4O3S. The molecular weight excluding hydrogens is 460 g/mol. The van der Waals surface area contributed by atoms with Crippen LogP contribution in [-0.2, 0) is 21.4 Å². The second-order valence-electron chi connectivity index (χ2n) is 8.92. The number of aryl methyl sites for hydroxylation is 1. The van der Waals surface area contributed by atoms with Gasteiger partial charge in [-0.3, -0.25) is 9.69 Å². The molecule has 0 radical (unpaired) electrons. The molecule has 8 heteroatoms. The third-order valence-corrected chi connectivity index (χ3v) is 8.05. The van der Waals surface area contributed by atoms with Crippen molar-refractivity contribution in [2.75, 3.05) is 50.0 Å². The number of nitrogens with zero attached hydrogens (tertiary/aromatic N) is 3. The minimum Gasteiger partial charge on any atom is -0.369 e. The SMILES string of the molecule is Cc1ccc(S(=O)(=O)N(C)CC(=O)Nc2ccc(N3CCN(Cc4ccccc4)CC3)cc2)cc1. The number of carbonyl (C=O) groups excluding carboxylic acids is 1. The van der Waals surface area contributed by atoms with Crippen molar-refractivity contribution in [2.24, 2.45) is 0 Å². The number of hydrogen-bond acceptors (Lipinski definition) is 5. The van der Waals surface area contributed by atoms with Crippen LogP contribution in [0.2, 0.25) is 0 Å². The molecule has 1 saturated heterocycles. The normalized spacial score (nSPS) is 14.8. The van der Waals surface area contributed by atoms with Crippen molar-refractivity contribution in [3.05, 3.63) is 90.0 Å². The molecule has 4 rings (SSSR count). The molecule has 0 saturated carbocycles. The number of carbonyl (C=O) groups is 1. The number of benzene rings is 3. The molecule has 3 aromatic rings. The lowest BCUT2D eigenvalue weighted by atomic mass is 10.2. The van der Waals surface area contributed by atoms with Gasteiger partial charge in [-0.2, -0.15) is 4.31 Å². The van der Waals surface area contributed by atoms with E-state index in [9.17, 15) is 13.2 Å². The van der Waals surface area contributed by atoms with Crippen LogP contribution in [-0.4, -0.2) is 63.3 Å². The van der Waals surface area contributed by atoms with Gasteiger partial charge in [0.2, 0.25) is 15.9 Å². The molecule has 1 aliphatic rings. The second-order valence-corrected chi connectivity index (χ2v) is 11.0. The van der Waals surface area contributed by atoms with Gasteiger partial charge in [0.05, 0.1) is 11.4 Å². The Balaban J connectivity index is 1.27. The average molecular weight is 493 g/mol. The summed E-state index contributed by atoms with van der Waals surface area (Å²) in [7, 11) is -2.32. The second kappa shape index (κ2) is 11.0. The highest BCUT2D eigenvalue weighted by atomic mass is 32.2. The van der Waals surface area contributed by atoms with Gasteiger partial charge in [-0.1, -0.05) is 48.0 Å². The van der Waals surface area contributed by atoms with Gasteiger partial charge >= 0.3 is 0 Å². The maximum absolute atomic E-state index is 12.7. The molecule has 0 bridgehead atoms. The smallest absolute Gasteiger partial charge is 0.243 e. The molecule has 7 nitrogen and oxygen atoms in total. The lowest BCUT2D eigenvalue weighted by molar-refractivity contribution is -0.116. The molecule has 0 aliphatic carbocycles. The number of amides is 1. The first kappa shape index (κ1) is 24.9. The van der Waals surface area contributed by atoms with Crippen LogP contribution in [0.15, 0.2) is 83.8 Å². The van der Waals surface area contributed by atoms with E-state index in [2.05, 4.69) is 39.4 Å². The highest BCUT2D eigenvalue weighted by Gasteiger charge is 2.23. The zero-order valence-corrected chi connectivity index (χ0v) is 21.0. The van der Waals surface area contributed by atoms with Crippen molar-refractivity contribution < 1.29 is 13.2 Å². The Labute approximate surface area is 208 Å². The van der Waals surface area contributed by atoms with E-state index < -0.39 is 10.0 Å². The van der Waals surface area contributed by atoms with Gasteiger partial charge in [0.15, 0.2) is 0 Å². The Bertz CT molecular complexity index is 1220. The third kappa shape index (κ3) is 6.48. The van der Waals surface area contributed by atoms with E-state index in [1.165, 1.54) is 12.6 Å². The monoisotopic (exact) mass is 492 g/mol. The van der Waals surface area contributed by atoms with Gasteiger partial charge in [0.25, 0.3) is 0 Å². The molecule has 1 N–H and O–H groups in total. The average Bonchev–Trinajstić information content (AvgIpc) is 2.86. The minimum absolute atomic E-state index is 0.173. The lowest BCUT2D eigenvalue weighted by Gasteiger charge is -2.36. The highest BCUT2D eigenvalue weighted by Crippen LogP contribution is 2.21. The molecule has 1 heterocycles. The van der Waals surface area contributed by atoms with Crippen molar-refractivity contribution >= 4 is 27.3 Å². The molecule has 0 atom stereocenters. The number of rotatable bonds is 8. The van der Waals surface area contributed by atoms with E-state index in [1.54, 1.807) is 24.3 Å². The van der Waals surface area contributed by atoms with Crippen LogP contribution < -0.4 is 10.2 Å². The van der Waals surface area contributed by atoms with Crippen LogP contribution in [0.5, 0.6) is 0 Å². The zero-order chi connectivity index (χ0) is 24.8. The molecule has 1 fully saturated rings. The van der Waals surface area contributed by atoms with E-state index in [0.717, 1.165) is 48.3 Å². The largest absolute Gasteiger partial charge is 0.369 e. The van der Waals surface area contributed by atoms with Crippen LogP contribution >= 0.6 is 0 Å². The van der Waals surface area contributed by atoms with E-state index in [-0.39, 0.29) is 17.3 Å². The quantitative estimate of drug-likeness (QED) is 0.521. The first-order chi connectivity index (χ1) is 16.8. The number of piperazine rings is 1. The fraction of sp³-hybridized carbons (Fsp3) is 0.296. The summed E-state index contributed by atoms with van der Waals surface area (Å²) in [5.41, 5.74) is 4.06. The van der Waals surface area contributed by atoms with Crippen LogP contribution in [0, 0.1) is 6.92 Å². The Hall–Kier alpha value is -3.20. The Kier molecular flexibility index (Phi) is 7.85. The summed E-state index contributed by atoms with van der Waals surface area (Å²) in [4.78, 5) is 17.5. The van der Waals surface area contributed by atoms with Gasteiger partial charge in [-0.05, 0) is 48.9 Å². The molecule has 1 aliphatic heterocycles. The molecule has 0 spiro atoms. The van der Waals surface area contributed by atoms with Crippen LogP contribution in [0.25, 0.3) is 0 Å². The van der Waals surface area contributed by atoms with Crippen molar-refractivity contribution in [1.82, 2.24) is 9.21 Å². The van der Waals surface area contributed by atoms with E-state index in [1.807, 2.05) is 37.3 Å². The van der Waals surface area contributed by atoms with Gasteiger partial charge in [-0.25, -0.2) is 8.42 Å². The zero-order valence-electron chi connectivity index (χ0n) is 20.2. The maximum atomic E-state index is 12.7. The van der Waals surface area contributed by atoms with Crippen LogP contribution in [0.3, 0.4) is 0 Å². The fourth-order valence-electron chi connectivity index (χ4n) is 4.14. The predicted molar refractivity (Wildman–Crippen MR) is 140 cm³/mol. The number of likely N-dealkylation sites (N-methyl/N-ethyl adjacent to an activating group) is 1. The van der Waals surface area contributed by atoms with Crippen LogP contribution in [0.1, 0.15) is 11.1 Å². The Morgan fingerprint density at radius 1 is 0.886 bits per heavy atom. The third-order valence-electron chi connectivity index (χ3n) is 6.23. The topological polar surface area (TPSA) is 73.0 Å². The number of sulfonamides is 1. The Morgan fingerprint density at radius 2 is 1.51 bits per heavy atom. The van der Waals surface area contributed by atoms with Gasteiger partial charge in [0, 0.05) is 51.1 Å². The molecule has 184 valence electrons. The number of nitrogens with one attached hydrogen (secondary N) is 1. The Morgan fingerprint density at radius 3 is 2.14 bits per heavy atom. The summed E-state index contributed by atoms with van der Waals surface area (Å²) in [5, 5.41) is 2.80. The molecule has 0 unspecified atom stereocenters. The van der Waals surface area contributed by atoms with E-state index in [4.69, 9.17) is 0 Å². The summed E-state index contributed by atoms with van der Waals surface area (Å²) in [6.07, 6.45) is 0. The van der Waals surface area contributed by atoms with Crippen molar-refractivity contribution in [2.45, 2.75) is 18.4 Å². The summed E-state index contributed by atoms with van der Waals surface area (Å²) >= 11 is 0. The van der Waals surface area contributed by atoms with E-state index in [0.29, 0.717) is 5.69 Å². The van der Waals surface area contributed by atoms with E-state index >= 15 is 0 Å². The fourth-order valence-corrected chi connectivity index (χ4v) is 5.27. The number of hydrogen-bond donors (Lipinski definition) is 1. The first-order valence-electron chi connectivity index (χ1n) is 11.8. The summed E-state index contributed by atoms with van der Waals surface area (Å²) in [6, 6.07) is 24.8. The minimum atomic E-state index is -3.73. The maximum Gasteiger partial charge on any atom is 0.243 e. The van der Waals surface area contributed by atoms with Gasteiger partial charge in [0.1, 0.15) is 0 Å².